The number of hydrogen-bond acceptors (Lipinski definition) is 2. The first-order valence-electron chi connectivity index (χ1n) is 8.44. The van der Waals surface area contributed by atoms with Crippen LogP contribution in [0.2, 0.25) is 5.02 Å². The monoisotopic (exact) mass is 368 g/mol. The largest absolute Gasteiger partial charge is 0.468 e. The first kappa shape index (κ1) is 16.9. The maximum Gasteiger partial charge on any atom is 0.124 e. The number of nitrogens with zero attached hydrogens (tertiary/aromatic N) is 1. The summed E-state index contributed by atoms with van der Waals surface area (Å²) in [4.78, 5) is 0. The fraction of sp³-hybridized carbons (Fsp3) is 0.143. The Morgan fingerprint density at radius 3 is 2.69 bits per heavy atom. The number of furan rings is 1. The van der Waals surface area contributed by atoms with Crippen molar-refractivity contribution in [2.24, 2.45) is 0 Å². The number of aromatic nitrogens is 1. The first-order valence-corrected chi connectivity index (χ1v) is 8.82. The summed E-state index contributed by atoms with van der Waals surface area (Å²) < 4.78 is 20.8. The highest BCUT2D eigenvalue weighted by Gasteiger charge is 2.10. The van der Waals surface area contributed by atoms with Crippen molar-refractivity contribution < 1.29 is 8.81 Å². The molecule has 0 amide bonds. The van der Waals surface area contributed by atoms with Gasteiger partial charge in [-0.2, -0.15) is 0 Å². The fourth-order valence-corrected chi connectivity index (χ4v) is 3.39. The minimum atomic E-state index is -0.320. The summed E-state index contributed by atoms with van der Waals surface area (Å²) in [7, 11) is 0. The van der Waals surface area contributed by atoms with Crippen molar-refractivity contribution in [2.45, 2.75) is 19.6 Å². The Bertz CT molecular complexity index is 1020. The van der Waals surface area contributed by atoms with Gasteiger partial charge in [-0.15, -0.1) is 0 Å². The quantitative estimate of drug-likeness (QED) is 0.496. The summed E-state index contributed by atoms with van der Waals surface area (Å²) in [5, 5.41) is 5.05. The van der Waals surface area contributed by atoms with Crippen LogP contribution in [0.15, 0.2) is 71.5 Å². The lowest BCUT2D eigenvalue weighted by Gasteiger charge is -2.07. The molecule has 0 unspecified atom stereocenters. The van der Waals surface area contributed by atoms with Gasteiger partial charge in [0, 0.05) is 35.2 Å². The van der Waals surface area contributed by atoms with E-state index < -0.39 is 0 Å². The van der Waals surface area contributed by atoms with E-state index in [1.54, 1.807) is 12.3 Å². The second-order valence-corrected chi connectivity index (χ2v) is 6.63. The molecule has 0 atom stereocenters. The molecule has 4 aromatic rings. The van der Waals surface area contributed by atoms with Gasteiger partial charge >= 0.3 is 0 Å². The third-order valence-corrected chi connectivity index (χ3v) is 4.77. The Hall–Kier alpha value is -2.56. The van der Waals surface area contributed by atoms with Crippen LogP contribution in [-0.2, 0) is 19.6 Å². The lowest BCUT2D eigenvalue weighted by molar-refractivity contribution is 0.483. The lowest BCUT2D eigenvalue weighted by Crippen LogP contribution is -2.11. The Kier molecular flexibility index (Phi) is 4.78. The third-order valence-electron chi connectivity index (χ3n) is 4.42. The van der Waals surface area contributed by atoms with Gasteiger partial charge in [-0.05, 0) is 41.5 Å². The molecule has 0 aliphatic rings. The summed E-state index contributed by atoms with van der Waals surface area (Å²) in [6, 6.07) is 16.6. The van der Waals surface area contributed by atoms with Gasteiger partial charge < -0.3 is 14.3 Å². The van der Waals surface area contributed by atoms with Crippen molar-refractivity contribution in [3.63, 3.8) is 0 Å². The number of benzene rings is 2. The molecule has 26 heavy (non-hydrogen) atoms. The molecule has 0 aliphatic heterocycles. The van der Waals surface area contributed by atoms with Crippen molar-refractivity contribution in [1.82, 2.24) is 9.88 Å². The van der Waals surface area contributed by atoms with Crippen LogP contribution >= 0.6 is 11.6 Å². The van der Waals surface area contributed by atoms with Crippen LogP contribution in [0.5, 0.6) is 0 Å². The SMILES string of the molecule is Fc1ccc(Cn2cc(CNCc3ccco3)c3ccccc32)c(Cl)c1. The molecule has 5 heteroatoms. The van der Waals surface area contributed by atoms with E-state index in [-0.39, 0.29) is 5.82 Å². The van der Waals surface area contributed by atoms with Crippen molar-refractivity contribution in [3.8, 4) is 0 Å². The number of nitrogens with one attached hydrogen (secondary N) is 1. The number of hydrogen-bond donors (Lipinski definition) is 1. The minimum absolute atomic E-state index is 0.320. The molecule has 3 nitrogen and oxygen atoms in total. The van der Waals surface area contributed by atoms with E-state index in [0.29, 0.717) is 18.1 Å². The molecular weight excluding hydrogens is 351 g/mol. The summed E-state index contributed by atoms with van der Waals surface area (Å²) in [6.07, 6.45) is 3.80. The van der Waals surface area contributed by atoms with Gasteiger partial charge in [0.25, 0.3) is 0 Å². The summed E-state index contributed by atoms with van der Waals surface area (Å²) in [5.74, 6) is 0.589. The highest BCUT2D eigenvalue weighted by Crippen LogP contribution is 2.25. The molecule has 2 heterocycles. The van der Waals surface area contributed by atoms with Gasteiger partial charge in [0.05, 0.1) is 12.8 Å². The van der Waals surface area contributed by atoms with Gasteiger partial charge in [0.2, 0.25) is 0 Å². The lowest BCUT2D eigenvalue weighted by atomic mass is 10.2. The molecule has 132 valence electrons. The molecule has 4 rings (SSSR count). The molecule has 0 spiro atoms. The maximum atomic E-state index is 13.3. The Labute approximate surface area is 156 Å². The standard InChI is InChI=1S/C21H18ClFN2O/c22-20-10-17(23)8-7-15(20)13-25-14-16(19-5-1-2-6-21(19)25)11-24-12-18-4-3-9-26-18/h1-10,14,24H,11-13H2. The first-order chi connectivity index (χ1) is 12.7. The number of fused-ring (bicyclic) bond motifs is 1. The van der Waals surface area contributed by atoms with Crippen LogP contribution in [0.3, 0.4) is 0 Å². The molecule has 2 aromatic carbocycles. The van der Waals surface area contributed by atoms with E-state index >= 15 is 0 Å². The zero-order valence-corrected chi connectivity index (χ0v) is 14.8. The van der Waals surface area contributed by atoms with Crippen LogP contribution in [0.25, 0.3) is 10.9 Å². The average molecular weight is 369 g/mol. The second kappa shape index (κ2) is 7.36. The molecular formula is C21H18ClFN2O. The van der Waals surface area contributed by atoms with Gasteiger partial charge in [0.15, 0.2) is 0 Å². The van der Waals surface area contributed by atoms with Crippen molar-refractivity contribution in [3.05, 3.63) is 94.8 Å². The summed E-state index contributed by atoms with van der Waals surface area (Å²) in [6.45, 7) is 2.00. The maximum absolute atomic E-state index is 13.3. The van der Waals surface area contributed by atoms with E-state index in [0.717, 1.165) is 23.4 Å². The Morgan fingerprint density at radius 1 is 1.00 bits per heavy atom. The number of para-hydroxylation sites is 1. The zero-order valence-electron chi connectivity index (χ0n) is 14.1. The second-order valence-electron chi connectivity index (χ2n) is 6.22. The Morgan fingerprint density at radius 2 is 1.88 bits per heavy atom. The zero-order chi connectivity index (χ0) is 17.9. The molecule has 2 aromatic heterocycles. The summed E-state index contributed by atoms with van der Waals surface area (Å²) >= 11 is 6.20. The molecule has 1 N–H and O–H groups in total. The Balaban J connectivity index is 1.59. The number of halogens is 2. The topological polar surface area (TPSA) is 30.1 Å². The average Bonchev–Trinajstić information content (AvgIpc) is 3.26. The minimum Gasteiger partial charge on any atom is -0.468 e. The van der Waals surface area contributed by atoms with Crippen LogP contribution in [0.4, 0.5) is 4.39 Å². The molecule has 0 radical (unpaired) electrons. The predicted octanol–water partition coefficient (Wildman–Crippen LogP) is 5.36. The fourth-order valence-electron chi connectivity index (χ4n) is 3.16. The van der Waals surface area contributed by atoms with Crippen molar-refractivity contribution in [2.75, 3.05) is 0 Å². The van der Waals surface area contributed by atoms with Gasteiger partial charge in [-0.3, -0.25) is 0 Å². The highest BCUT2D eigenvalue weighted by atomic mass is 35.5. The van der Waals surface area contributed by atoms with Crippen LogP contribution in [-0.4, -0.2) is 4.57 Å². The molecule has 0 aliphatic carbocycles. The van der Waals surface area contributed by atoms with Gasteiger partial charge in [-0.25, -0.2) is 4.39 Å². The van der Waals surface area contributed by atoms with Gasteiger partial charge in [0.1, 0.15) is 11.6 Å². The van der Waals surface area contributed by atoms with E-state index in [9.17, 15) is 4.39 Å². The van der Waals surface area contributed by atoms with E-state index in [2.05, 4.69) is 28.2 Å². The van der Waals surface area contributed by atoms with Crippen LogP contribution < -0.4 is 5.32 Å². The normalized spacial score (nSPS) is 11.3. The predicted molar refractivity (Wildman–Crippen MR) is 102 cm³/mol. The molecule has 0 fully saturated rings. The molecule has 0 bridgehead atoms. The van der Waals surface area contributed by atoms with Crippen molar-refractivity contribution in [1.29, 1.82) is 0 Å². The molecule has 0 saturated heterocycles. The van der Waals surface area contributed by atoms with E-state index in [4.69, 9.17) is 16.0 Å². The molecule has 0 saturated carbocycles. The van der Waals surface area contributed by atoms with Crippen LogP contribution in [0, 0.1) is 5.82 Å². The summed E-state index contributed by atoms with van der Waals surface area (Å²) in [5.41, 5.74) is 3.22. The van der Waals surface area contributed by atoms with E-state index in [1.165, 1.54) is 23.1 Å². The van der Waals surface area contributed by atoms with Crippen molar-refractivity contribution >= 4 is 22.5 Å². The number of rotatable bonds is 6. The van der Waals surface area contributed by atoms with Crippen LogP contribution in [0.1, 0.15) is 16.9 Å². The van der Waals surface area contributed by atoms with Gasteiger partial charge in [-0.1, -0.05) is 35.9 Å². The smallest absolute Gasteiger partial charge is 0.124 e. The highest BCUT2D eigenvalue weighted by molar-refractivity contribution is 6.31. The third kappa shape index (κ3) is 3.52. The van der Waals surface area contributed by atoms with E-state index in [1.807, 2.05) is 24.3 Å².